The van der Waals surface area contributed by atoms with Crippen molar-refractivity contribution >= 4 is 33.2 Å². The Morgan fingerprint density at radius 3 is 2.16 bits per heavy atom. The fraction of sp³-hybridized carbons (Fsp3) is 0.480. The summed E-state index contributed by atoms with van der Waals surface area (Å²) in [6.45, 7) is 3.89. The minimum atomic E-state index is -3.94. The molecule has 5 nitrogen and oxygen atoms in total. The fourth-order valence-electron chi connectivity index (χ4n) is 6.44. The van der Waals surface area contributed by atoms with Crippen molar-refractivity contribution in [2.45, 2.75) is 62.8 Å². The third-order valence-corrected chi connectivity index (χ3v) is 9.52. The molecule has 4 saturated carbocycles. The van der Waals surface area contributed by atoms with Gasteiger partial charge in [-0.2, -0.15) is 0 Å². The monoisotopic (exact) mass is 472 g/mol. The van der Waals surface area contributed by atoms with Crippen molar-refractivity contribution in [3.8, 4) is 0 Å². The van der Waals surface area contributed by atoms with E-state index in [4.69, 9.17) is 11.6 Å². The summed E-state index contributed by atoms with van der Waals surface area (Å²) in [5.41, 5.74) is 2.72. The summed E-state index contributed by atoms with van der Waals surface area (Å²) in [6.07, 6.45) is 7.00. The van der Waals surface area contributed by atoms with Gasteiger partial charge in [-0.25, -0.2) is 8.42 Å². The maximum absolute atomic E-state index is 13.2. The second-order valence-electron chi connectivity index (χ2n) is 10.2. The van der Waals surface area contributed by atoms with E-state index in [1.54, 1.807) is 18.2 Å². The second kappa shape index (κ2) is 7.77. The number of amides is 1. The largest absolute Gasteiger partial charge is 0.347 e. The van der Waals surface area contributed by atoms with Gasteiger partial charge in [-0.3, -0.25) is 9.52 Å². The number of aryl methyl sites for hydroxylation is 2. The molecule has 0 atom stereocenters. The first-order valence-corrected chi connectivity index (χ1v) is 13.2. The van der Waals surface area contributed by atoms with Crippen molar-refractivity contribution in [2.24, 2.45) is 17.8 Å². The number of carbonyl (C=O) groups excluding carboxylic acids is 1. The smallest absolute Gasteiger partial charge is 0.263 e. The molecule has 0 unspecified atom stereocenters. The summed E-state index contributed by atoms with van der Waals surface area (Å²) < 4.78 is 28.7. The molecule has 0 spiro atoms. The molecular weight excluding hydrogens is 444 g/mol. The molecule has 7 heteroatoms. The van der Waals surface area contributed by atoms with Gasteiger partial charge in [0.05, 0.1) is 5.02 Å². The zero-order valence-electron chi connectivity index (χ0n) is 18.4. The standard InChI is InChI=1S/C25H29ClN2O3S/c1-15-3-5-21(7-16(15)2)28-32(30,31)23-11-20(4-6-22(23)26)24(29)27-25-12-17-8-18(13-25)10-19(9-17)14-25/h3-7,11,17-19,28H,8-10,12-14H2,1-2H3,(H,27,29). The summed E-state index contributed by atoms with van der Waals surface area (Å²) in [4.78, 5) is 13.1. The number of halogens is 1. The number of sulfonamides is 1. The molecular formula is C25H29ClN2O3S. The zero-order chi connectivity index (χ0) is 22.7. The van der Waals surface area contributed by atoms with Gasteiger partial charge in [-0.1, -0.05) is 17.7 Å². The minimum Gasteiger partial charge on any atom is -0.347 e. The Hall–Kier alpha value is -2.05. The van der Waals surface area contributed by atoms with Crippen molar-refractivity contribution in [1.82, 2.24) is 5.32 Å². The molecule has 1 amide bonds. The van der Waals surface area contributed by atoms with Crippen LogP contribution in [-0.2, 0) is 10.0 Å². The number of anilines is 1. The number of benzene rings is 2. The van der Waals surface area contributed by atoms with Crippen LogP contribution in [-0.4, -0.2) is 19.9 Å². The number of nitrogens with one attached hydrogen (secondary N) is 2. The second-order valence-corrected chi connectivity index (χ2v) is 12.3. The first kappa shape index (κ1) is 21.8. The van der Waals surface area contributed by atoms with Crippen LogP contribution >= 0.6 is 11.6 Å². The van der Waals surface area contributed by atoms with Crippen LogP contribution in [0.5, 0.6) is 0 Å². The molecule has 170 valence electrons. The van der Waals surface area contributed by atoms with E-state index >= 15 is 0 Å². The third kappa shape index (κ3) is 4.03. The highest BCUT2D eigenvalue weighted by molar-refractivity contribution is 7.92. The molecule has 4 fully saturated rings. The van der Waals surface area contributed by atoms with Gasteiger partial charge >= 0.3 is 0 Å². The molecule has 4 aliphatic rings. The summed E-state index contributed by atoms with van der Waals surface area (Å²) in [5.74, 6) is 1.92. The summed E-state index contributed by atoms with van der Waals surface area (Å²) in [5, 5.41) is 3.40. The van der Waals surface area contributed by atoms with Crippen molar-refractivity contribution in [1.29, 1.82) is 0 Å². The SMILES string of the molecule is Cc1ccc(NS(=O)(=O)c2cc(C(=O)NC34CC5CC(CC(C5)C3)C4)ccc2Cl)cc1C. The minimum absolute atomic E-state index is 0.0874. The Morgan fingerprint density at radius 1 is 0.938 bits per heavy atom. The van der Waals surface area contributed by atoms with Gasteiger partial charge in [0.2, 0.25) is 0 Å². The first-order chi connectivity index (χ1) is 15.1. The van der Waals surface area contributed by atoms with E-state index in [2.05, 4.69) is 10.0 Å². The lowest BCUT2D eigenvalue weighted by Gasteiger charge is -2.56. The summed E-state index contributed by atoms with van der Waals surface area (Å²) in [6, 6.07) is 9.85. The van der Waals surface area contributed by atoms with Gasteiger partial charge in [0.1, 0.15) is 4.90 Å². The van der Waals surface area contributed by atoms with Crippen LogP contribution in [0.15, 0.2) is 41.3 Å². The van der Waals surface area contributed by atoms with Gasteiger partial charge in [-0.05, 0) is 112 Å². The highest BCUT2D eigenvalue weighted by atomic mass is 35.5. The highest BCUT2D eigenvalue weighted by Gasteiger charge is 2.51. The molecule has 4 aliphatic carbocycles. The fourth-order valence-corrected chi connectivity index (χ4v) is 8.02. The molecule has 0 heterocycles. The quantitative estimate of drug-likeness (QED) is 0.607. The van der Waals surface area contributed by atoms with E-state index in [0.29, 0.717) is 29.0 Å². The average Bonchev–Trinajstić information content (AvgIpc) is 2.69. The molecule has 2 aromatic carbocycles. The number of hydrogen-bond acceptors (Lipinski definition) is 3. The van der Waals surface area contributed by atoms with Crippen LogP contribution in [0.1, 0.15) is 60.0 Å². The van der Waals surface area contributed by atoms with Gasteiger partial charge in [0, 0.05) is 16.8 Å². The Labute approximate surface area is 195 Å². The lowest BCUT2D eigenvalue weighted by molar-refractivity contribution is -0.0167. The van der Waals surface area contributed by atoms with Crippen molar-refractivity contribution in [3.63, 3.8) is 0 Å². The number of rotatable bonds is 5. The highest BCUT2D eigenvalue weighted by Crippen LogP contribution is 2.55. The van der Waals surface area contributed by atoms with Gasteiger partial charge in [-0.15, -0.1) is 0 Å². The predicted molar refractivity (Wildman–Crippen MR) is 127 cm³/mol. The molecule has 0 saturated heterocycles. The lowest BCUT2D eigenvalue weighted by Crippen LogP contribution is -2.59. The van der Waals surface area contributed by atoms with Crippen molar-refractivity contribution in [3.05, 3.63) is 58.1 Å². The van der Waals surface area contributed by atoms with E-state index in [0.717, 1.165) is 30.4 Å². The van der Waals surface area contributed by atoms with Crippen molar-refractivity contribution < 1.29 is 13.2 Å². The maximum Gasteiger partial charge on any atom is 0.263 e. The number of carbonyl (C=O) groups is 1. The molecule has 0 radical (unpaired) electrons. The summed E-state index contributed by atoms with van der Waals surface area (Å²) >= 11 is 6.26. The Morgan fingerprint density at radius 2 is 1.56 bits per heavy atom. The van der Waals surface area contributed by atoms with E-state index in [-0.39, 0.29) is 21.4 Å². The normalized spacial score (nSPS) is 28.5. The maximum atomic E-state index is 13.2. The van der Waals surface area contributed by atoms with Gasteiger partial charge in [0.25, 0.3) is 15.9 Å². The van der Waals surface area contributed by atoms with Crippen molar-refractivity contribution in [2.75, 3.05) is 4.72 Å². The van der Waals surface area contributed by atoms with E-state index in [1.165, 1.54) is 31.4 Å². The predicted octanol–water partition coefficient (Wildman–Crippen LogP) is 5.46. The third-order valence-electron chi connectivity index (χ3n) is 7.66. The first-order valence-electron chi connectivity index (χ1n) is 11.3. The van der Waals surface area contributed by atoms with Crippen LogP contribution in [0.25, 0.3) is 0 Å². The average molecular weight is 473 g/mol. The van der Waals surface area contributed by atoms with Crippen LogP contribution in [0.3, 0.4) is 0 Å². The molecule has 32 heavy (non-hydrogen) atoms. The van der Waals surface area contributed by atoms with Crippen LogP contribution in [0, 0.1) is 31.6 Å². The zero-order valence-corrected chi connectivity index (χ0v) is 20.0. The molecule has 4 bridgehead atoms. The molecule has 6 rings (SSSR count). The van der Waals surface area contributed by atoms with E-state index in [9.17, 15) is 13.2 Å². The molecule has 0 aliphatic heterocycles. The Bertz CT molecular complexity index is 1160. The van der Waals surface area contributed by atoms with Crippen LogP contribution < -0.4 is 10.0 Å². The Kier molecular flexibility index (Phi) is 5.29. The van der Waals surface area contributed by atoms with Crippen LogP contribution in [0.2, 0.25) is 5.02 Å². The van der Waals surface area contributed by atoms with Crippen LogP contribution in [0.4, 0.5) is 5.69 Å². The number of hydrogen-bond donors (Lipinski definition) is 2. The molecule has 2 aromatic rings. The Balaban J connectivity index is 1.38. The topological polar surface area (TPSA) is 75.3 Å². The molecule has 0 aromatic heterocycles. The lowest BCUT2D eigenvalue weighted by atomic mass is 9.53. The van der Waals surface area contributed by atoms with Gasteiger partial charge < -0.3 is 5.32 Å². The molecule has 2 N–H and O–H groups in total. The van der Waals surface area contributed by atoms with E-state index in [1.807, 2.05) is 19.9 Å². The van der Waals surface area contributed by atoms with E-state index < -0.39 is 10.0 Å². The summed E-state index contributed by atoms with van der Waals surface area (Å²) in [7, 11) is -3.94. The van der Waals surface area contributed by atoms with Gasteiger partial charge in [0.15, 0.2) is 0 Å².